The summed E-state index contributed by atoms with van der Waals surface area (Å²) in [6.45, 7) is 9.25. The van der Waals surface area contributed by atoms with Gasteiger partial charge in [-0.25, -0.2) is 0 Å². The van der Waals surface area contributed by atoms with Crippen molar-refractivity contribution in [3.05, 3.63) is 0 Å². The van der Waals surface area contributed by atoms with Crippen LogP contribution < -0.4 is 0 Å². The number of piperidine rings is 1. The molecule has 17 heavy (non-hydrogen) atoms. The van der Waals surface area contributed by atoms with E-state index in [0.717, 1.165) is 18.9 Å². The SMILES string of the molecule is CC(C)C#CCCN1CCC(CN(C)C)CC1. The van der Waals surface area contributed by atoms with Crippen LogP contribution in [0.5, 0.6) is 0 Å². The van der Waals surface area contributed by atoms with Crippen LogP contribution >= 0.6 is 0 Å². The van der Waals surface area contributed by atoms with Crippen molar-refractivity contribution < 1.29 is 0 Å². The molecular weight excluding hydrogens is 208 g/mol. The molecule has 0 aliphatic carbocycles. The molecule has 1 aliphatic heterocycles. The third kappa shape index (κ3) is 6.71. The van der Waals surface area contributed by atoms with Crippen LogP contribution in [0.25, 0.3) is 0 Å². The fourth-order valence-electron chi connectivity index (χ4n) is 2.40. The monoisotopic (exact) mass is 236 g/mol. The fraction of sp³-hybridized carbons (Fsp3) is 0.867. The third-order valence-corrected chi connectivity index (χ3v) is 3.27. The molecule has 1 heterocycles. The van der Waals surface area contributed by atoms with E-state index in [1.807, 2.05) is 0 Å². The summed E-state index contributed by atoms with van der Waals surface area (Å²) in [4.78, 5) is 4.88. The highest BCUT2D eigenvalue weighted by molar-refractivity contribution is 5.01. The van der Waals surface area contributed by atoms with Crippen molar-refractivity contribution in [1.82, 2.24) is 9.80 Å². The van der Waals surface area contributed by atoms with E-state index in [2.05, 4.69) is 49.6 Å². The first-order chi connectivity index (χ1) is 8.08. The van der Waals surface area contributed by atoms with Gasteiger partial charge in [0.05, 0.1) is 0 Å². The van der Waals surface area contributed by atoms with Crippen molar-refractivity contribution in [3.8, 4) is 11.8 Å². The van der Waals surface area contributed by atoms with Crippen molar-refractivity contribution in [3.63, 3.8) is 0 Å². The maximum atomic E-state index is 3.28. The molecule has 2 heteroatoms. The van der Waals surface area contributed by atoms with Crippen LogP contribution in [0.2, 0.25) is 0 Å². The van der Waals surface area contributed by atoms with Crippen LogP contribution in [0.3, 0.4) is 0 Å². The van der Waals surface area contributed by atoms with Gasteiger partial charge in [-0.15, -0.1) is 11.8 Å². The van der Waals surface area contributed by atoms with Crippen LogP contribution in [0, 0.1) is 23.7 Å². The van der Waals surface area contributed by atoms with Crippen molar-refractivity contribution in [2.24, 2.45) is 11.8 Å². The number of rotatable bonds is 4. The molecular formula is C15H28N2. The fourth-order valence-corrected chi connectivity index (χ4v) is 2.40. The molecule has 0 spiro atoms. The zero-order chi connectivity index (χ0) is 12.7. The van der Waals surface area contributed by atoms with E-state index < -0.39 is 0 Å². The predicted octanol–water partition coefficient (Wildman–Crippen LogP) is 2.31. The zero-order valence-electron chi connectivity index (χ0n) is 12.0. The van der Waals surface area contributed by atoms with Gasteiger partial charge in [0.15, 0.2) is 0 Å². The standard InChI is InChI=1S/C15H28N2/c1-14(2)7-5-6-10-17-11-8-15(9-12-17)13-16(3)4/h14-15H,6,8-13H2,1-4H3. The zero-order valence-corrected chi connectivity index (χ0v) is 12.0. The summed E-state index contributed by atoms with van der Waals surface area (Å²) < 4.78 is 0. The molecule has 2 nitrogen and oxygen atoms in total. The Balaban J connectivity index is 2.13. The lowest BCUT2D eigenvalue weighted by molar-refractivity contribution is 0.165. The number of hydrogen-bond acceptors (Lipinski definition) is 2. The van der Waals surface area contributed by atoms with E-state index in [1.165, 1.54) is 32.5 Å². The van der Waals surface area contributed by atoms with Crippen LogP contribution in [-0.4, -0.2) is 50.1 Å². The van der Waals surface area contributed by atoms with E-state index in [9.17, 15) is 0 Å². The van der Waals surface area contributed by atoms with Gasteiger partial charge in [0.1, 0.15) is 0 Å². The van der Waals surface area contributed by atoms with E-state index in [1.54, 1.807) is 0 Å². The second-order valence-corrected chi connectivity index (χ2v) is 5.77. The average molecular weight is 236 g/mol. The Bertz CT molecular complexity index is 252. The largest absolute Gasteiger partial charge is 0.309 e. The Morgan fingerprint density at radius 1 is 1.24 bits per heavy atom. The van der Waals surface area contributed by atoms with Gasteiger partial charge in [-0.1, -0.05) is 13.8 Å². The molecule has 0 aromatic rings. The maximum Gasteiger partial charge on any atom is 0.0217 e. The third-order valence-electron chi connectivity index (χ3n) is 3.27. The van der Waals surface area contributed by atoms with E-state index in [0.29, 0.717) is 5.92 Å². The molecule has 0 amide bonds. The van der Waals surface area contributed by atoms with Crippen molar-refractivity contribution >= 4 is 0 Å². The van der Waals surface area contributed by atoms with Crippen LogP contribution in [-0.2, 0) is 0 Å². The summed E-state index contributed by atoms with van der Waals surface area (Å²) in [6.07, 6.45) is 3.75. The molecule has 1 rings (SSSR count). The second kappa shape index (κ2) is 7.74. The number of nitrogens with zero attached hydrogens (tertiary/aromatic N) is 2. The molecule has 1 aliphatic rings. The normalized spacial score (nSPS) is 18.5. The highest BCUT2D eigenvalue weighted by Gasteiger charge is 2.18. The molecule has 0 atom stereocenters. The highest BCUT2D eigenvalue weighted by Crippen LogP contribution is 2.17. The first-order valence-electron chi connectivity index (χ1n) is 6.93. The predicted molar refractivity (Wildman–Crippen MR) is 74.9 cm³/mol. The summed E-state index contributed by atoms with van der Waals surface area (Å²) in [5.41, 5.74) is 0. The summed E-state index contributed by atoms with van der Waals surface area (Å²) >= 11 is 0. The Hall–Kier alpha value is -0.520. The molecule has 0 aromatic heterocycles. The van der Waals surface area contributed by atoms with Gasteiger partial charge in [-0.3, -0.25) is 0 Å². The second-order valence-electron chi connectivity index (χ2n) is 5.77. The minimum Gasteiger partial charge on any atom is -0.309 e. The molecule has 0 N–H and O–H groups in total. The number of hydrogen-bond donors (Lipinski definition) is 0. The molecule has 0 aromatic carbocycles. The summed E-state index contributed by atoms with van der Waals surface area (Å²) in [7, 11) is 4.35. The van der Waals surface area contributed by atoms with Crippen molar-refractivity contribution in [2.75, 3.05) is 40.3 Å². The van der Waals surface area contributed by atoms with Gasteiger partial charge in [0, 0.05) is 25.4 Å². The van der Waals surface area contributed by atoms with Gasteiger partial charge in [0.25, 0.3) is 0 Å². The topological polar surface area (TPSA) is 6.48 Å². The van der Waals surface area contributed by atoms with Gasteiger partial charge >= 0.3 is 0 Å². The Labute approximate surface area is 107 Å². The quantitative estimate of drug-likeness (QED) is 0.691. The van der Waals surface area contributed by atoms with E-state index in [4.69, 9.17) is 0 Å². The van der Waals surface area contributed by atoms with Gasteiger partial charge in [0.2, 0.25) is 0 Å². The molecule has 0 saturated carbocycles. The summed E-state index contributed by atoms with van der Waals surface area (Å²) in [5.74, 6) is 7.93. The Kier molecular flexibility index (Phi) is 6.62. The van der Waals surface area contributed by atoms with Crippen molar-refractivity contribution in [1.29, 1.82) is 0 Å². The maximum absolute atomic E-state index is 3.28. The summed E-state index contributed by atoms with van der Waals surface area (Å²) in [5, 5.41) is 0. The molecule has 0 unspecified atom stereocenters. The smallest absolute Gasteiger partial charge is 0.0217 e. The van der Waals surface area contributed by atoms with Crippen LogP contribution in [0.15, 0.2) is 0 Å². The Morgan fingerprint density at radius 2 is 1.88 bits per heavy atom. The van der Waals surface area contributed by atoms with E-state index >= 15 is 0 Å². The van der Waals surface area contributed by atoms with Crippen molar-refractivity contribution in [2.45, 2.75) is 33.1 Å². The van der Waals surface area contributed by atoms with Gasteiger partial charge in [-0.05, 0) is 45.9 Å². The average Bonchev–Trinajstić information content (AvgIpc) is 2.25. The van der Waals surface area contributed by atoms with Gasteiger partial charge < -0.3 is 9.80 Å². The molecule has 98 valence electrons. The lowest BCUT2D eigenvalue weighted by Crippen LogP contribution is -2.37. The minimum atomic E-state index is 0.515. The molecule has 0 radical (unpaired) electrons. The van der Waals surface area contributed by atoms with Gasteiger partial charge in [-0.2, -0.15) is 0 Å². The lowest BCUT2D eigenvalue weighted by atomic mass is 9.96. The lowest BCUT2D eigenvalue weighted by Gasteiger charge is -2.32. The first kappa shape index (κ1) is 14.5. The number of likely N-dealkylation sites (tertiary alicyclic amines) is 1. The van der Waals surface area contributed by atoms with Crippen LogP contribution in [0.4, 0.5) is 0 Å². The first-order valence-corrected chi connectivity index (χ1v) is 6.93. The minimum absolute atomic E-state index is 0.515. The summed E-state index contributed by atoms with van der Waals surface area (Å²) in [6, 6.07) is 0. The highest BCUT2D eigenvalue weighted by atomic mass is 15.1. The molecule has 1 saturated heterocycles. The molecule has 1 fully saturated rings. The van der Waals surface area contributed by atoms with E-state index in [-0.39, 0.29) is 0 Å². The molecule has 0 bridgehead atoms. The van der Waals surface area contributed by atoms with Crippen LogP contribution in [0.1, 0.15) is 33.1 Å². The Morgan fingerprint density at radius 3 is 2.41 bits per heavy atom.